The Bertz CT molecular complexity index is 1010. The van der Waals surface area contributed by atoms with Crippen molar-refractivity contribution < 1.29 is 4.74 Å². The molecule has 0 radical (unpaired) electrons. The monoisotopic (exact) mass is 348 g/mol. The Morgan fingerprint density at radius 1 is 1.24 bits per heavy atom. The summed E-state index contributed by atoms with van der Waals surface area (Å²) in [6, 6.07) is 12.3. The van der Waals surface area contributed by atoms with Crippen molar-refractivity contribution in [2.45, 2.75) is 19.8 Å². The van der Waals surface area contributed by atoms with Gasteiger partial charge in [0.2, 0.25) is 11.8 Å². The highest BCUT2D eigenvalue weighted by Crippen LogP contribution is 2.44. The Balaban J connectivity index is 1.94. The van der Waals surface area contributed by atoms with Crippen LogP contribution in [0.1, 0.15) is 28.3 Å². The Labute approximate surface area is 149 Å². The molecule has 3 aromatic rings. The first kappa shape index (κ1) is 15.5. The quantitative estimate of drug-likeness (QED) is 0.765. The maximum Gasteiger partial charge on any atom is 0.229 e. The lowest BCUT2D eigenvalue weighted by Crippen LogP contribution is -2.21. The number of rotatable bonds is 2. The SMILES string of the molecule is Cc1ccc(-n2nc(C)c3c2OC(N)=C(C#N)C3c2ccsc2)cc1. The van der Waals surface area contributed by atoms with Crippen LogP contribution < -0.4 is 10.5 Å². The molecule has 124 valence electrons. The van der Waals surface area contributed by atoms with Gasteiger partial charge in [0.25, 0.3) is 0 Å². The van der Waals surface area contributed by atoms with Gasteiger partial charge < -0.3 is 10.5 Å². The van der Waals surface area contributed by atoms with Gasteiger partial charge in [-0.25, -0.2) is 4.68 Å². The fourth-order valence-electron chi connectivity index (χ4n) is 3.15. The van der Waals surface area contributed by atoms with E-state index in [0.717, 1.165) is 22.5 Å². The van der Waals surface area contributed by atoms with E-state index in [2.05, 4.69) is 11.2 Å². The van der Waals surface area contributed by atoms with E-state index in [0.29, 0.717) is 11.5 Å². The normalized spacial score (nSPS) is 16.3. The van der Waals surface area contributed by atoms with Gasteiger partial charge in [-0.1, -0.05) is 17.7 Å². The number of allylic oxidation sites excluding steroid dienone is 1. The first-order valence-corrected chi connectivity index (χ1v) is 8.80. The van der Waals surface area contributed by atoms with Crippen LogP contribution in [-0.4, -0.2) is 9.78 Å². The molecule has 1 aromatic carbocycles. The van der Waals surface area contributed by atoms with Gasteiger partial charge in [0.15, 0.2) is 0 Å². The largest absolute Gasteiger partial charge is 0.422 e. The van der Waals surface area contributed by atoms with Gasteiger partial charge in [-0.15, -0.1) is 0 Å². The topological polar surface area (TPSA) is 76.9 Å². The zero-order chi connectivity index (χ0) is 17.6. The average molecular weight is 348 g/mol. The summed E-state index contributed by atoms with van der Waals surface area (Å²) in [5, 5.41) is 18.3. The highest BCUT2D eigenvalue weighted by atomic mass is 32.1. The minimum Gasteiger partial charge on any atom is -0.422 e. The Hall–Kier alpha value is -3.04. The van der Waals surface area contributed by atoms with Gasteiger partial charge in [-0.05, 0) is 48.4 Å². The molecule has 6 heteroatoms. The Morgan fingerprint density at radius 3 is 2.64 bits per heavy atom. The standard InChI is InChI=1S/C19H16N4OS/c1-11-3-5-14(6-4-11)23-19-16(12(2)22-23)17(13-7-8-25-10-13)15(9-20)18(21)24-19/h3-8,10,17H,21H2,1-2H3. The number of nitrogens with zero attached hydrogens (tertiary/aromatic N) is 3. The molecular formula is C19H16N4OS. The lowest BCUT2D eigenvalue weighted by Gasteiger charge is -2.24. The zero-order valence-electron chi connectivity index (χ0n) is 13.9. The smallest absolute Gasteiger partial charge is 0.229 e. The molecular weight excluding hydrogens is 332 g/mol. The highest BCUT2D eigenvalue weighted by Gasteiger charge is 2.36. The molecule has 0 aliphatic carbocycles. The summed E-state index contributed by atoms with van der Waals surface area (Å²) in [5.74, 6) is 0.465. The van der Waals surface area contributed by atoms with E-state index in [9.17, 15) is 5.26 Å². The van der Waals surface area contributed by atoms with Crippen LogP contribution in [0.3, 0.4) is 0 Å². The minimum absolute atomic E-state index is 0.138. The lowest BCUT2D eigenvalue weighted by molar-refractivity contribution is 0.367. The number of benzene rings is 1. The third kappa shape index (κ3) is 2.41. The van der Waals surface area contributed by atoms with E-state index in [1.807, 2.05) is 54.9 Å². The number of thiophene rings is 1. The number of ether oxygens (including phenoxy) is 1. The molecule has 2 aromatic heterocycles. The Morgan fingerprint density at radius 2 is 2.00 bits per heavy atom. The van der Waals surface area contributed by atoms with Crippen LogP contribution in [0.5, 0.6) is 5.88 Å². The number of hydrogen-bond donors (Lipinski definition) is 1. The van der Waals surface area contributed by atoms with Crippen LogP contribution in [0.15, 0.2) is 52.5 Å². The van der Waals surface area contributed by atoms with Crippen molar-refractivity contribution in [3.63, 3.8) is 0 Å². The molecule has 0 spiro atoms. The first-order valence-electron chi connectivity index (χ1n) is 7.86. The second-order valence-corrected chi connectivity index (χ2v) is 6.81. The van der Waals surface area contributed by atoms with Gasteiger partial charge in [-0.2, -0.15) is 21.7 Å². The van der Waals surface area contributed by atoms with Crippen LogP contribution in [-0.2, 0) is 0 Å². The molecule has 1 unspecified atom stereocenters. The number of nitriles is 1. The van der Waals surface area contributed by atoms with Crippen LogP contribution in [0.4, 0.5) is 0 Å². The third-order valence-electron chi connectivity index (χ3n) is 4.39. The molecule has 0 bridgehead atoms. The number of nitrogens with two attached hydrogens (primary N) is 1. The van der Waals surface area contributed by atoms with Crippen molar-refractivity contribution in [3.8, 4) is 17.6 Å². The van der Waals surface area contributed by atoms with Crippen molar-refractivity contribution in [1.82, 2.24) is 9.78 Å². The second kappa shape index (κ2) is 5.80. The van der Waals surface area contributed by atoms with E-state index in [-0.39, 0.29) is 11.8 Å². The van der Waals surface area contributed by atoms with Crippen LogP contribution in [0.2, 0.25) is 0 Å². The summed E-state index contributed by atoms with van der Waals surface area (Å²) in [6.07, 6.45) is 0. The predicted octanol–water partition coefficient (Wildman–Crippen LogP) is 3.77. The van der Waals surface area contributed by atoms with E-state index in [1.54, 1.807) is 16.0 Å². The summed E-state index contributed by atoms with van der Waals surface area (Å²) < 4.78 is 7.59. The van der Waals surface area contributed by atoms with E-state index in [1.165, 1.54) is 5.56 Å². The number of aryl methyl sites for hydroxylation is 2. The number of fused-ring (bicyclic) bond motifs is 1. The van der Waals surface area contributed by atoms with E-state index < -0.39 is 0 Å². The fraction of sp³-hybridized carbons (Fsp3) is 0.158. The van der Waals surface area contributed by atoms with Crippen molar-refractivity contribution >= 4 is 11.3 Å². The minimum atomic E-state index is -0.251. The van der Waals surface area contributed by atoms with Crippen molar-refractivity contribution in [1.29, 1.82) is 5.26 Å². The van der Waals surface area contributed by atoms with Gasteiger partial charge >= 0.3 is 0 Å². The number of aromatic nitrogens is 2. The van der Waals surface area contributed by atoms with Crippen molar-refractivity contribution in [3.05, 3.63) is 74.9 Å². The molecule has 1 aliphatic rings. The van der Waals surface area contributed by atoms with E-state index in [4.69, 9.17) is 10.5 Å². The molecule has 3 heterocycles. The lowest BCUT2D eigenvalue weighted by atomic mass is 9.85. The van der Waals surface area contributed by atoms with E-state index >= 15 is 0 Å². The zero-order valence-corrected chi connectivity index (χ0v) is 14.7. The van der Waals surface area contributed by atoms with Crippen LogP contribution in [0.25, 0.3) is 5.69 Å². The summed E-state index contributed by atoms with van der Waals surface area (Å²) in [7, 11) is 0. The van der Waals surface area contributed by atoms with Gasteiger partial charge in [0.05, 0.1) is 22.9 Å². The molecule has 0 saturated heterocycles. The maximum absolute atomic E-state index is 9.61. The third-order valence-corrected chi connectivity index (χ3v) is 5.09. The molecule has 1 atom stereocenters. The van der Waals surface area contributed by atoms with Gasteiger partial charge in [0, 0.05) is 0 Å². The first-order chi connectivity index (χ1) is 12.1. The van der Waals surface area contributed by atoms with Gasteiger partial charge in [-0.3, -0.25) is 0 Å². The maximum atomic E-state index is 9.61. The molecule has 25 heavy (non-hydrogen) atoms. The Kier molecular flexibility index (Phi) is 3.59. The molecule has 0 saturated carbocycles. The highest BCUT2D eigenvalue weighted by molar-refractivity contribution is 7.08. The summed E-state index contributed by atoms with van der Waals surface area (Å²) in [5.41, 5.74) is 11.3. The van der Waals surface area contributed by atoms with Crippen molar-refractivity contribution in [2.75, 3.05) is 0 Å². The predicted molar refractivity (Wildman–Crippen MR) is 96.7 cm³/mol. The number of hydrogen-bond acceptors (Lipinski definition) is 5. The fourth-order valence-corrected chi connectivity index (χ4v) is 3.83. The van der Waals surface area contributed by atoms with Gasteiger partial charge in [0.1, 0.15) is 11.6 Å². The molecule has 0 amide bonds. The molecule has 2 N–H and O–H groups in total. The van der Waals surface area contributed by atoms with Crippen molar-refractivity contribution in [2.24, 2.45) is 5.73 Å². The average Bonchev–Trinajstić information content (AvgIpc) is 3.23. The molecule has 4 rings (SSSR count). The summed E-state index contributed by atoms with van der Waals surface area (Å²) in [6.45, 7) is 3.97. The van der Waals surface area contributed by atoms with Crippen LogP contribution in [0, 0.1) is 25.2 Å². The molecule has 0 fully saturated rings. The molecule has 5 nitrogen and oxygen atoms in total. The molecule has 1 aliphatic heterocycles. The summed E-state index contributed by atoms with van der Waals surface area (Å²) >= 11 is 1.59. The summed E-state index contributed by atoms with van der Waals surface area (Å²) in [4.78, 5) is 0. The second-order valence-electron chi connectivity index (χ2n) is 6.03. The van der Waals surface area contributed by atoms with Crippen LogP contribution >= 0.6 is 11.3 Å².